The summed E-state index contributed by atoms with van der Waals surface area (Å²) in [6, 6.07) is 6.85. The third-order valence-electron chi connectivity index (χ3n) is 3.71. The van der Waals surface area contributed by atoms with Gasteiger partial charge in [0, 0.05) is 25.3 Å². The Kier molecular flexibility index (Phi) is 5.62. The van der Waals surface area contributed by atoms with Crippen molar-refractivity contribution in [1.29, 1.82) is 0 Å². The Labute approximate surface area is 127 Å². The number of anilines is 1. The highest BCUT2D eigenvalue weighted by atomic mass is 16.2. The highest BCUT2D eigenvalue weighted by Gasteiger charge is 2.23. The molecule has 1 aromatic rings. The van der Waals surface area contributed by atoms with Crippen LogP contribution in [0.25, 0.3) is 0 Å². The van der Waals surface area contributed by atoms with Gasteiger partial charge >= 0.3 is 0 Å². The molecule has 4 nitrogen and oxygen atoms in total. The molecule has 21 heavy (non-hydrogen) atoms. The van der Waals surface area contributed by atoms with Crippen molar-refractivity contribution in [3.05, 3.63) is 29.3 Å². The van der Waals surface area contributed by atoms with E-state index in [1.807, 2.05) is 11.9 Å². The van der Waals surface area contributed by atoms with E-state index in [2.05, 4.69) is 42.7 Å². The Hall–Kier alpha value is -1.55. The molecule has 0 bridgehead atoms. The van der Waals surface area contributed by atoms with Crippen molar-refractivity contribution in [3.8, 4) is 0 Å². The number of nitrogens with zero attached hydrogens (tertiary/aromatic N) is 1. The van der Waals surface area contributed by atoms with E-state index in [1.165, 1.54) is 11.1 Å². The number of hydrogen-bond acceptors (Lipinski definition) is 3. The molecule has 0 unspecified atom stereocenters. The van der Waals surface area contributed by atoms with Gasteiger partial charge in [-0.3, -0.25) is 4.79 Å². The number of amides is 1. The Morgan fingerprint density at radius 1 is 1.38 bits per heavy atom. The maximum absolute atomic E-state index is 11.9. The standard InChI is InChI=1S/C17H27N3O/c1-4-9-18-11-14-10-13(2)5-8-16(14)20(3)12-17(21)19-15-6-7-15/h5,8,10,15,18H,4,6-7,9,11-12H2,1-3H3,(H,19,21). The van der Waals surface area contributed by atoms with Crippen LogP contribution in [0.1, 0.15) is 37.3 Å². The van der Waals surface area contributed by atoms with Crippen LogP contribution in [0.4, 0.5) is 5.69 Å². The first-order valence-electron chi connectivity index (χ1n) is 7.91. The maximum Gasteiger partial charge on any atom is 0.239 e. The molecule has 0 saturated heterocycles. The lowest BCUT2D eigenvalue weighted by molar-refractivity contribution is -0.119. The van der Waals surface area contributed by atoms with Crippen molar-refractivity contribution in [2.24, 2.45) is 0 Å². The predicted molar refractivity (Wildman–Crippen MR) is 87.6 cm³/mol. The van der Waals surface area contributed by atoms with Gasteiger partial charge in [0.25, 0.3) is 0 Å². The van der Waals surface area contributed by atoms with Crippen molar-refractivity contribution in [2.75, 3.05) is 25.0 Å². The number of carbonyl (C=O) groups excluding carboxylic acids is 1. The van der Waals surface area contributed by atoms with E-state index in [-0.39, 0.29) is 5.91 Å². The van der Waals surface area contributed by atoms with Crippen LogP contribution in [0, 0.1) is 6.92 Å². The molecule has 1 aromatic carbocycles. The number of nitrogens with one attached hydrogen (secondary N) is 2. The van der Waals surface area contributed by atoms with Crippen LogP contribution < -0.4 is 15.5 Å². The van der Waals surface area contributed by atoms with E-state index >= 15 is 0 Å². The number of carbonyl (C=O) groups is 1. The van der Waals surface area contributed by atoms with Crippen LogP contribution in [0.5, 0.6) is 0 Å². The van der Waals surface area contributed by atoms with Gasteiger partial charge in [-0.1, -0.05) is 24.6 Å². The summed E-state index contributed by atoms with van der Waals surface area (Å²) in [6.07, 6.45) is 3.39. The van der Waals surface area contributed by atoms with Gasteiger partial charge < -0.3 is 15.5 Å². The number of hydrogen-bond donors (Lipinski definition) is 2. The lowest BCUT2D eigenvalue weighted by atomic mass is 10.1. The van der Waals surface area contributed by atoms with Gasteiger partial charge in [0.15, 0.2) is 0 Å². The molecule has 1 aliphatic carbocycles. The van der Waals surface area contributed by atoms with Gasteiger partial charge in [-0.25, -0.2) is 0 Å². The predicted octanol–water partition coefficient (Wildman–Crippen LogP) is 2.21. The fraction of sp³-hybridized carbons (Fsp3) is 0.588. The average Bonchev–Trinajstić information content (AvgIpc) is 3.22. The summed E-state index contributed by atoms with van der Waals surface area (Å²) in [6.45, 7) is 6.55. The van der Waals surface area contributed by atoms with Crippen LogP contribution in [0.2, 0.25) is 0 Å². The van der Waals surface area contributed by atoms with Gasteiger partial charge in [-0.05, 0) is 44.4 Å². The van der Waals surface area contributed by atoms with Crippen molar-refractivity contribution >= 4 is 11.6 Å². The largest absolute Gasteiger partial charge is 0.365 e. The number of benzene rings is 1. The second-order valence-corrected chi connectivity index (χ2v) is 6.01. The van der Waals surface area contributed by atoms with Gasteiger partial charge in [0.1, 0.15) is 0 Å². The highest BCUT2D eigenvalue weighted by Crippen LogP contribution is 2.22. The Bertz CT molecular complexity index is 483. The SMILES string of the molecule is CCCNCc1cc(C)ccc1N(C)CC(=O)NC1CC1. The Morgan fingerprint density at radius 3 is 2.81 bits per heavy atom. The van der Waals surface area contributed by atoms with Crippen LogP contribution in [-0.2, 0) is 11.3 Å². The van der Waals surface area contributed by atoms with Crippen molar-refractivity contribution in [2.45, 2.75) is 45.7 Å². The summed E-state index contributed by atoms with van der Waals surface area (Å²) >= 11 is 0. The molecule has 0 heterocycles. The Balaban J connectivity index is 1.99. The zero-order chi connectivity index (χ0) is 15.2. The summed E-state index contributed by atoms with van der Waals surface area (Å²) in [5.41, 5.74) is 3.64. The van der Waals surface area contributed by atoms with Crippen molar-refractivity contribution in [1.82, 2.24) is 10.6 Å². The van der Waals surface area contributed by atoms with Crippen LogP contribution >= 0.6 is 0 Å². The molecule has 0 aliphatic heterocycles. The molecule has 0 spiro atoms. The third-order valence-corrected chi connectivity index (χ3v) is 3.71. The quantitative estimate of drug-likeness (QED) is 0.721. The minimum atomic E-state index is 0.119. The van der Waals surface area contributed by atoms with E-state index in [0.29, 0.717) is 12.6 Å². The number of likely N-dealkylation sites (N-methyl/N-ethyl adjacent to an activating group) is 1. The van der Waals surface area contributed by atoms with Crippen LogP contribution in [0.15, 0.2) is 18.2 Å². The second-order valence-electron chi connectivity index (χ2n) is 6.01. The topological polar surface area (TPSA) is 44.4 Å². The molecule has 116 valence electrons. The van der Waals surface area contributed by atoms with E-state index in [9.17, 15) is 4.79 Å². The number of aryl methyl sites for hydroxylation is 1. The lowest BCUT2D eigenvalue weighted by Gasteiger charge is -2.23. The first-order chi connectivity index (χ1) is 10.1. The zero-order valence-electron chi connectivity index (χ0n) is 13.4. The third kappa shape index (κ3) is 5.05. The first kappa shape index (κ1) is 15.8. The molecule has 0 atom stereocenters. The average molecular weight is 289 g/mol. The zero-order valence-corrected chi connectivity index (χ0v) is 13.4. The molecule has 1 fully saturated rings. The Morgan fingerprint density at radius 2 is 2.14 bits per heavy atom. The number of rotatable bonds is 8. The maximum atomic E-state index is 11.9. The van der Waals surface area contributed by atoms with Gasteiger partial charge in [0.05, 0.1) is 6.54 Å². The fourth-order valence-electron chi connectivity index (χ4n) is 2.43. The summed E-state index contributed by atoms with van der Waals surface area (Å²) in [4.78, 5) is 14.0. The molecule has 1 saturated carbocycles. The van der Waals surface area contributed by atoms with Crippen LogP contribution in [0.3, 0.4) is 0 Å². The van der Waals surface area contributed by atoms with E-state index in [4.69, 9.17) is 0 Å². The molecule has 0 aromatic heterocycles. The van der Waals surface area contributed by atoms with Crippen LogP contribution in [-0.4, -0.2) is 32.1 Å². The van der Waals surface area contributed by atoms with Gasteiger partial charge in [-0.15, -0.1) is 0 Å². The molecule has 2 N–H and O–H groups in total. The van der Waals surface area contributed by atoms with E-state index in [0.717, 1.165) is 38.0 Å². The summed E-state index contributed by atoms with van der Waals surface area (Å²) in [5, 5.41) is 6.48. The van der Waals surface area contributed by atoms with E-state index < -0.39 is 0 Å². The molecule has 1 amide bonds. The minimum Gasteiger partial charge on any atom is -0.365 e. The van der Waals surface area contributed by atoms with Crippen molar-refractivity contribution < 1.29 is 4.79 Å². The van der Waals surface area contributed by atoms with Gasteiger partial charge in [-0.2, -0.15) is 0 Å². The molecular weight excluding hydrogens is 262 g/mol. The molecule has 2 rings (SSSR count). The van der Waals surface area contributed by atoms with Crippen molar-refractivity contribution in [3.63, 3.8) is 0 Å². The summed E-state index contributed by atoms with van der Waals surface area (Å²) < 4.78 is 0. The summed E-state index contributed by atoms with van der Waals surface area (Å²) in [7, 11) is 1.99. The molecule has 4 heteroatoms. The second kappa shape index (κ2) is 7.46. The normalized spacial score (nSPS) is 14.0. The fourth-order valence-corrected chi connectivity index (χ4v) is 2.43. The van der Waals surface area contributed by atoms with Gasteiger partial charge in [0.2, 0.25) is 5.91 Å². The minimum absolute atomic E-state index is 0.119. The first-order valence-corrected chi connectivity index (χ1v) is 7.91. The highest BCUT2D eigenvalue weighted by molar-refractivity contribution is 5.82. The van der Waals surface area contributed by atoms with E-state index in [1.54, 1.807) is 0 Å². The summed E-state index contributed by atoms with van der Waals surface area (Å²) in [5.74, 6) is 0.119. The molecule has 0 radical (unpaired) electrons. The monoisotopic (exact) mass is 289 g/mol. The molecule has 1 aliphatic rings. The molecular formula is C17H27N3O. The smallest absolute Gasteiger partial charge is 0.239 e. The lowest BCUT2D eigenvalue weighted by Crippen LogP contribution is -2.36.